The monoisotopic (exact) mass is 392 g/mol. The Bertz CT molecular complexity index is 753. The van der Waals surface area contributed by atoms with E-state index in [1.54, 1.807) is 47.4 Å². The number of ether oxygens (including phenoxy) is 2. The maximum atomic E-state index is 12.7. The largest absolute Gasteiger partial charge is 0.763 e. The standard InChI is InChI=1S/C19H24N2O5S/c1-16(2)13(23)17(3,4)14(16)27-18(5,6)19(10-21,15(24)26-8)11(9-20)12(22)25-7/h1-8H3. The summed E-state index contributed by atoms with van der Waals surface area (Å²) in [5, 5.41) is 20.3. The molecular formula is C19H24N2O5S. The predicted molar refractivity (Wildman–Crippen MR) is 101 cm³/mol. The van der Waals surface area contributed by atoms with E-state index in [0.717, 1.165) is 31.2 Å². The number of rotatable bonds is 6. The van der Waals surface area contributed by atoms with Gasteiger partial charge in [-0.25, -0.2) is 9.59 Å². The number of nitriles is 1. The third kappa shape index (κ3) is 3.05. The summed E-state index contributed by atoms with van der Waals surface area (Å²) in [6.45, 7) is 10.2. The number of carbonyl (C=O) groups excluding carboxylic acids is 3. The first-order chi connectivity index (χ1) is 12.2. The van der Waals surface area contributed by atoms with E-state index in [2.05, 4.69) is 4.74 Å². The number of Topliss-reactive ketones (excluding diaryl/α,β-unsaturated/α-hetero) is 1. The van der Waals surface area contributed by atoms with Gasteiger partial charge in [0.05, 0.1) is 42.4 Å². The third-order valence-electron chi connectivity index (χ3n) is 5.07. The number of hydrogen-bond donors (Lipinski definition) is 0. The fraction of sp³-hybridized carbons (Fsp3) is 0.632. The van der Waals surface area contributed by atoms with Crippen molar-refractivity contribution in [1.29, 1.82) is 5.26 Å². The molecule has 0 saturated heterocycles. The van der Waals surface area contributed by atoms with Gasteiger partial charge in [-0.2, -0.15) is 5.26 Å². The molecule has 0 N–H and O–H groups in total. The first-order valence-electron chi connectivity index (χ1n) is 8.19. The van der Waals surface area contributed by atoms with Gasteiger partial charge in [0.2, 0.25) is 11.2 Å². The molecule has 0 aliphatic heterocycles. The van der Waals surface area contributed by atoms with Gasteiger partial charge >= 0.3 is 11.9 Å². The molecule has 1 aliphatic rings. The van der Waals surface area contributed by atoms with Crippen LogP contribution in [0.4, 0.5) is 0 Å². The summed E-state index contributed by atoms with van der Waals surface area (Å²) < 4.78 is 8.11. The molecule has 27 heavy (non-hydrogen) atoms. The van der Waals surface area contributed by atoms with Crippen LogP contribution in [0.25, 0.3) is 5.41 Å². The molecule has 1 fully saturated rings. The fourth-order valence-corrected chi connectivity index (χ4v) is 5.31. The Morgan fingerprint density at radius 1 is 1.15 bits per heavy atom. The second kappa shape index (κ2) is 7.06. The van der Waals surface area contributed by atoms with Gasteiger partial charge in [0, 0.05) is 0 Å². The zero-order chi connectivity index (χ0) is 21.4. The highest BCUT2D eigenvalue weighted by atomic mass is 32.2. The van der Waals surface area contributed by atoms with Crippen molar-refractivity contribution >= 4 is 35.4 Å². The molecule has 146 valence electrons. The van der Waals surface area contributed by atoms with Crippen LogP contribution in [0, 0.1) is 32.8 Å². The lowest BCUT2D eigenvalue weighted by Gasteiger charge is -2.47. The molecule has 0 amide bonds. The molecule has 0 bridgehead atoms. The zero-order valence-electron chi connectivity index (χ0n) is 16.8. The van der Waals surface area contributed by atoms with Gasteiger partial charge < -0.3 is 14.9 Å². The summed E-state index contributed by atoms with van der Waals surface area (Å²) in [7, 11) is 2.14. The molecule has 1 aliphatic carbocycles. The lowest BCUT2D eigenvalue weighted by molar-refractivity contribution is -0.151. The van der Waals surface area contributed by atoms with E-state index in [-0.39, 0.29) is 5.78 Å². The quantitative estimate of drug-likeness (QED) is 0.295. The average molecular weight is 392 g/mol. The molecule has 7 nitrogen and oxygen atoms in total. The molecule has 0 radical (unpaired) electrons. The Balaban J connectivity index is 3.61. The summed E-state index contributed by atoms with van der Waals surface area (Å²) in [5.74, 6) is -0.425. The number of nitrogens with zero attached hydrogens (tertiary/aromatic N) is 2. The Morgan fingerprint density at radius 2 is 1.63 bits per heavy atom. The van der Waals surface area contributed by atoms with E-state index in [9.17, 15) is 25.1 Å². The number of hydrogen-bond acceptors (Lipinski definition) is 7. The third-order valence-corrected chi connectivity index (χ3v) is 7.11. The Kier molecular flexibility index (Phi) is 5.97. The predicted octanol–water partition coefficient (Wildman–Crippen LogP) is 2.69. The van der Waals surface area contributed by atoms with Crippen molar-refractivity contribution in [1.82, 2.24) is 0 Å². The normalized spacial score (nSPS) is 19.7. The van der Waals surface area contributed by atoms with Crippen LogP contribution in [0.2, 0.25) is 0 Å². The highest BCUT2D eigenvalue weighted by molar-refractivity contribution is 8.03. The van der Waals surface area contributed by atoms with E-state index in [4.69, 9.17) is 4.74 Å². The number of ketones is 1. The minimum absolute atomic E-state index is 0.0337. The van der Waals surface area contributed by atoms with Gasteiger partial charge in [-0.05, 0) is 41.5 Å². The maximum absolute atomic E-state index is 12.7. The summed E-state index contributed by atoms with van der Waals surface area (Å²) in [6.07, 6.45) is 0. The van der Waals surface area contributed by atoms with Crippen molar-refractivity contribution in [2.24, 2.45) is 16.2 Å². The highest BCUT2D eigenvalue weighted by Crippen LogP contribution is 2.67. The van der Waals surface area contributed by atoms with Crippen LogP contribution >= 0.6 is 11.8 Å². The van der Waals surface area contributed by atoms with E-state index in [1.807, 2.05) is 6.07 Å². The first-order valence-corrected chi connectivity index (χ1v) is 9.01. The van der Waals surface area contributed by atoms with Crippen molar-refractivity contribution < 1.29 is 23.9 Å². The second-order valence-corrected chi connectivity index (χ2v) is 9.49. The van der Waals surface area contributed by atoms with Crippen molar-refractivity contribution in [3.63, 3.8) is 0 Å². The van der Waals surface area contributed by atoms with Gasteiger partial charge in [-0.3, -0.25) is 10.7 Å². The smallest absolute Gasteiger partial charge is 0.342 e. The van der Waals surface area contributed by atoms with E-state index in [0.29, 0.717) is 0 Å². The van der Waals surface area contributed by atoms with Crippen molar-refractivity contribution in [3.05, 3.63) is 16.2 Å². The number of methoxy groups -OCH3 is 2. The van der Waals surface area contributed by atoms with Crippen LogP contribution in [-0.2, 0) is 23.9 Å². The van der Waals surface area contributed by atoms with Crippen LogP contribution in [0.3, 0.4) is 0 Å². The Hall–Kier alpha value is -2.23. The molecule has 1 unspecified atom stereocenters. The van der Waals surface area contributed by atoms with E-state index >= 15 is 0 Å². The van der Waals surface area contributed by atoms with Crippen molar-refractivity contribution in [2.75, 3.05) is 14.2 Å². The molecule has 1 rings (SSSR count). The highest BCUT2D eigenvalue weighted by Gasteiger charge is 2.77. The summed E-state index contributed by atoms with van der Waals surface area (Å²) in [5.41, 5.74) is -4.40. The topological polar surface area (TPSA) is 116 Å². The van der Waals surface area contributed by atoms with Gasteiger partial charge in [0.25, 0.3) is 0 Å². The van der Waals surface area contributed by atoms with Crippen LogP contribution in [0.5, 0.6) is 0 Å². The minimum atomic E-state index is -2.22. The first kappa shape index (κ1) is 22.8. The van der Waals surface area contributed by atoms with Gasteiger partial charge in [-0.15, -0.1) is 0 Å². The minimum Gasteiger partial charge on any atom is -0.763 e. The van der Waals surface area contributed by atoms with Crippen LogP contribution in [0.15, 0.2) is 5.57 Å². The molecule has 1 atom stereocenters. The van der Waals surface area contributed by atoms with Crippen molar-refractivity contribution in [3.8, 4) is 6.07 Å². The summed E-state index contributed by atoms with van der Waals surface area (Å²) in [4.78, 5) is 37.3. The molecule has 0 heterocycles. The summed E-state index contributed by atoms with van der Waals surface area (Å²) >= 11 is 1.15. The SMILES string of the molecule is COC(=O)C(=C=[N-])C(C#N)(C(=O)OC)C(C)(C)S[C+]1C(C)(C)C(=O)C1(C)C. The van der Waals surface area contributed by atoms with Crippen LogP contribution in [-0.4, -0.2) is 42.6 Å². The van der Waals surface area contributed by atoms with Crippen LogP contribution in [0.1, 0.15) is 41.5 Å². The molecule has 8 heteroatoms. The Morgan fingerprint density at radius 3 is 1.96 bits per heavy atom. The summed E-state index contributed by atoms with van der Waals surface area (Å²) in [6, 6.07) is 1.84. The van der Waals surface area contributed by atoms with Crippen molar-refractivity contribution in [2.45, 2.75) is 46.3 Å². The molecular weight excluding hydrogens is 368 g/mol. The van der Waals surface area contributed by atoms with E-state index < -0.39 is 38.5 Å². The molecule has 1 saturated carbocycles. The zero-order valence-corrected chi connectivity index (χ0v) is 17.7. The molecule has 0 aromatic heterocycles. The van der Waals surface area contributed by atoms with E-state index in [1.165, 1.54) is 0 Å². The maximum Gasteiger partial charge on any atom is 0.342 e. The lowest BCUT2D eigenvalue weighted by atomic mass is 9.54. The number of carbonyl (C=O) groups is 3. The second-order valence-electron chi connectivity index (χ2n) is 7.85. The number of esters is 2. The number of thioether (sulfide) groups is 1. The lowest BCUT2D eigenvalue weighted by Crippen LogP contribution is -2.60. The fourth-order valence-electron chi connectivity index (χ4n) is 3.72. The molecule has 0 spiro atoms. The average Bonchev–Trinajstić information content (AvgIpc) is 2.61. The molecule has 0 aromatic carbocycles. The van der Waals surface area contributed by atoms with Gasteiger partial charge in [-0.1, -0.05) is 0 Å². The van der Waals surface area contributed by atoms with Gasteiger partial charge in [0.15, 0.2) is 16.1 Å². The Labute approximate surface area is 164 Å². The van der Waals surface area contributed by atoms with Gasteiger partial charge in [0.1, 0.15) is 0 Å². The van der Waals surface area contributed by atoms with Crippen LogP contribution < -0.4 is 0 Å². The molecule has 0 aromatic rings.